The molecule has 1 unspecified atom stereocenters. The number of amides is 3. The number of likely N-dealkylation sites (N-methyl/N-ethyl adjacent to an activating group) is 1. The molecule has 1 aliphatic carbocycles. The van der Waals surface area contributed by atoms with Crippen molar-refractivity contribution in [3.8, 4) is 0 Å². The Morgan fingerprint density at radius 1 is 1.50 bits per heavy atom. The minimum absolute atomic E-state index is 0.00317. The Labute approximate surface area is 92.6 Å². The molecule has 1 rings (SSSR count). The molecule has 7 nitrogen and oxygen atoms in total. The Morgan fingerprint density at radius 2 is 2.06 bits per heavy atom. The van der Waals surface area contributed by atoms with Gasteiger partial charge >= 0.3 is 12.0 Å². The number of hydrogen-bond acceptors (Lipinski definition) is 3. The second-order valence-electron chi connectivity index (χ2n) is 3.93. The molecular weight excluding hydrogens is 214 g/mol. The number of urea groups is 1. The maximum atomic E-state index is 11.5. The van der Waals surface area contributed by atoms with Crippen LogP contribution in [0.15, 0.2) is 0 Å². The van der Waals surface area contributed by atoms with Gasteiger partial charge in [-0.3, -0.25) is 4.79 Å². The summed E-state index contributed by atoms with van der Waals surface area (Å²) in [4.78, 5) is 33.9. The molecule has 4 N–H and O–H groups in total. The molecule has 0 aromatic carbocycles. The Balaban J connectivity index is 2.47. The van der Waals surface area contributed by atoms with Crippen molar-refractivity contribution in [2.24, 2.45) is 11.7 Å². The lowest BCUT2D eigenvalue weighted by molar-refractivity contribution is -0.139. The van der Waals surface area contributed by atoms with Gasteiger partial charge in [0.1, 0.15) is 12.6 Å². The third-order valence-corrected chi connectivity index (χ3v) is 2.38. The number of rotatable bonds is 5. The number of carboxylic acid groups (broad SMARTS) is 1. The quantitative estimate of drug-likeness (QED) is 0.559. The van der Waals surface area contributed by atoms with Gasteiger partial charge in [0, 0.05) is 7.05 Å². The Hall–Kier alpha value is -1.79. The first-order valence-corrected chi connectivity index (χ1v) is 4.94. The molecule has 0 aromatic heterocycles. The van der Waals surface area contributed by atoms with Crippen molar-refractivity contribution < 1.29 is 19.5 Å². The van der Waals surface area contributed by atoms with Crippen LogP contribution in [0, 0.1) is 5.92 Å². The molecule has 16 heavy (non-hydrogen) atoms. The standard InChI is InChI=1S/C9H15N3O4/c1-12(4-6(10)13)9(16)11-7(8(14)15)5-2-3-5/h5,7H,2-4H2,1H3,(H2,10,13)(H,11,16)(H,14,15). The average molecular weight is 229 g/mol. The predicted molar refractivity (Wildman–Crippen MR) is 54.5 cm³/mol. The Morgan fingerprint density at radius 3 is 2.44 bits per heavy atom. The molecule has 0 aromatic rings. The third kappa shape index (κ3) is 3.41. The van der Waals surface area contributed by atoms with Gasteiger partial charge < -0.3 is 21.1 Å². The van der Waals surface area contributed by atoms with Gasteiger partial charge in [-0.25, -0.2) is 9.59 Å². The van der Waals surface area contributed by atoms with Crippen molar-refractivity contribution in [1.29, 1.82) is 0 Å². The molecule has 0 aliphatic heterocycles. The van der Waals surface area contributed by atoms with Gasteiger partial charge in [-0.15, -0.1) is 0 Å². The molecule has 1 fully saturated rings. The van der Waals surface area contributed by atoms with Crippen LogP contribution in [-0.4, -0.2) is 47.5 Å². The summed E-state index contributed by atoms with van der Waals surface area (Å²) in [6.07, 6.45) is 1.60. The summed E-state index contributed by atoms with van der Waals surface area (Å²) >= 11 is 0. The Kier molecular flexibility index (Phi) is 3.70. The van der Waals surface area contributed by atoms with E-state index < -0.39 is 23.9 Å². The monoisotopic (exact) mass is 229 g/mol. The number of nitrogens with zero attached hydrogens (tertiary/aromatic N) is 1. The average Bonchev–Trinajstić information content (AvgIpc) is 2.95. The fraction of sp³-hybridized carbons (Fsp3) is 0.667. The van der Waals surface area contributed by atoms with Gasteiger partial charge in [-0.2, -0.15) is 0 Å². The maximum absolute atomic E-state index is 11.5. The lowest BCUT2D eigenvalue weighted by Gasteiger charge is -2.19. The first-order chi connectivity index (χ1) is 7.41. The first-order valence-electron chi connectivity index (χ1n) is 4.94. The van der Waals surface area contributed by atoms with Gasteiger partial charge in [-0.1, -0.05) is 0 Å². The number of aliphatic carboxylic acids is 1. The predicted octanol–water partition coefficient (Wildman–Crippen LogP) is -1.02. The van der Waals surface area contributed by atoms with Crippen LogP contribution < -0.4 is 11.1 Å². The summed E-state index contributed by atoms with van der Waals surface area (Å²) < 4.78 is 0. The highest BCUT2D eigenvalue weighted by molar-refractivity contribution is 5.86. The van der Waals surface area contributed by atoms with Gasteiger partial charge in [-0.05, 0) is 18.8 Å². The smallest absolute Gasteiger partial charge is 0.326 e. The fourth-order valence-electron chi connectivity index (χ4n) is 1.36. The SMILES string of the molecule is CN(CC(N)=O)C(=O)NC(C(=O)O)C1CC1. The molecular formula is C9H15N3O4. The molecule has 0 saturated heterocycles. The molecule has 0 heterocycles. The van der Waals surface area contributed by atoms with Crippen molar-refractivity contribution in [2.45, 2.75) is 18.9 Å². The van der Waals surface area contributed by atoms with Gasteiger partial charge in [0.15, 0.2) is 0 Å². The molecule has 7 heteroatoms. The number of hydrogen-bond donors (Lipinski definition) is 3. The van der Waals surface area contributed by atoms with Crippen LogP contribution in [0.3, 0.4) is 0 Å². The maximum Gasteiger partial charge on any atom is 0.326 e. The van der Waals surface area contributed by atoms with Gasteiger partial charge in [0.25, 0.3) is 0 Å². The van der Waals surface area contributed by atoms with Crippen LogP contribution in [0.1, 0.15) is 12.8 Å². The van der Waals surface area contributed by atoms with Gasteiger partial charge in [0.05, 0.1) is 0 Å². The minimum Gasteiger partial charge on any atom is -0.480 e. The van der Waals surface area contributed by atoms with E-state index in [-0.39, 0.29) is 12.5 Å². The molecule has 3 amide bonds. The van der Waals surface area contributed by atoms with Crippen LogP contribution in [0.25, 0.3) is 0 Å². The first kappa shape index (κ1) is 12.3. The van der Waals surface area contributed by atoms with Crippen LogP contribution >= 0.6 is 0 Å². The fourth-order valence-corrected chi connectivity index (χ4v) is 1.36. The lowest BCUT2D eigenvalue weighted by atomic mass is 10.2. The lowest BCUT2D eigenvalue weighted by Crippen LogP contribution is -2.49. The van der Waals surface area contributed by atoms with Crippen molar-refractivity contribution in [3.63, 3.8) is 0 Å². The molecule has 0 bridgehead atoms. The summed E-state index contributed by atoms with van der Waals surface area (Å²) in [7, 11) is 1.38. The van der Waals surface area contributed by atoms with E-state index >= 15 is 0 Å². The zero-order chi connectivity index (χ0) is 12.3. The van der Waals surface area contributed by atoms with Crippen molar-refractivity contribution in [2.75, 3.05) is 13.6 Å². The highest BCUT2D eigenvalue weighted by atomic mass is 16.4. The molecule has 90 valence electrons. The van der Waals surface area contributed by atoms with E-state index in [1.165, 1.54) is 7.05 Å². The summed E-state index contributed by atoms with van der Waals surface area (Å²) in [5.41, 5.74) is 4.92. The molecule has 0 radical (unpaired) electrons. The van der Waals surface area contributed by atoms with Crippen molar-refractivity contribution >= 4 is 17.9 Å². The highest BCUT2D eigenvalue weighted by Crippen LogP contribution is 2.32. The molecule has 0 spiro atoms. The molecule has 1 aliphatic rings. The number of carbonyl (C=O) groups is 3. The van der Waals surface area contributed by atoms with Crippen LogP contribution in [0.5, 0.6) is 0 Å². The molecule has 1 atom stereocenters. The topological polar surface area (TPSA) is 113 Å². The number of carbonyl (C=O) groups excluding carboxylic acids is 2. The number of primary amides is 1. The van der Waals surface area contributed by atoms with Gasteiger partial charge in [0.2, 0.25) is 5.91 Å². The van der Waals surface area contributed by atoms with E-state index in [0.29, 0.717) is 0 Å². The highest BCUT2D eigenvalue weighted by Gasteiger charge is 2.37. The summed E-state index contributed by atoms with van der Waals surface area (Å²) in [5.74, 6) is -1.69. The number of nitrogens with two attached hydrogens (primary N) is 1. The van der Waals surface area contributed by atoms with Crippen molar-refractivity contribution in [3.05, 3.63) is 0 Å². The van der Waals surface area contributed by atoms with Crippen LogP contribution in [0.2, 0.25) is 0 Å². The Bertz CT molecular complexity index is 314. The minimum atomic E-state index is -1.05. The van der Waals surface area contributed by atoms with Crippen LogP contribution in [-0.2, 0) is 9.59 Å². The second kappa shape index (κ2) is 4.82. The van der Waals surface area contributed by atoms with E-state index in [4.69, 9.17) is 10.8 Å². The summed E-state index contributed by atoms with van der Waals surface area (Å²) in [5, 5.41) is 11.2. The van der Waals surface area contributed by atoms with E-state index in [2.05, 4.69) is 5.32 Å². The number of nitrogens with one attached hydrogen (secondary N) is 1. The van der Waals surface area contributed by atoms with Crippen molar-refractivity contribution in [1.82, 2.24) is 10.2 Å². The number of carboxylic acids is 1. The van der Waals surface area contributed by atoms with E-state index in [0.717, 1.165) is 17.7 Å². The largest absolute Gasteiger partial charge is 0.480 e. The zero-order valence-corrected chi connectivity index (χ0v) is 8.97. The zero-order valence-electron chi connectivity index (χ0n) is 8.97. The third-order valence-electron chi connectivity index (χ3n) is 2.38. The summed E-state index contributed by atoms with van der Waals surface area (Å²) in [6, 6.07) is -1.47. The van der Waals surface area contributed by atoms with Crippen LogP contribution in [0.4, 0.5) is 4.79 Å². The van der Waals surface area contributed by atoms with E-state index in [9.17, 15) is 14.4 Å². The molecule has 1 saturated carbocycles. The normalized spacial score (nSPS) is 16.3. The van der Waals surface area contributed by atoms with E-state index in [1.807, 2.05) is 0 Å². The van der Waals surface area contributed by atoms with E-state index in [1.54, 1.807) is 0 Å². The second-order valence-corrected chi connectivity index (χ2v) is 3.93. The summed E-state index contributed by atoms with van der Waals surface area (Å²) in [6.45, 7) is -0.233.